The van der Waals surface area contributed by atoms with Gasteiger partial charge in [0, 0.05) is 44.5 Å². The third-order valence-corrected chi connectivity index (χ3v) is 4.76. The highest BCUT2D eigenvalue weighted by atomic mass is 16.5. The summed E-state index contributed by atoms with van der Waals surface area (Å²) < 4.78 is 5.41. The normalized spacial score (nSPS) is 24.8. The average molecular weight is 332 g/mol. The maximum absolute atomic E-state index is 12.5. The molecule has 1 aromatic rings. The van der Waals surface area contributed by atoms with Gasteiger partial charge in [0.2, 0.25) is 0 Å². The highest BCUT2D eigenvalue weighted by Crippen LogP contribution is 2.21. The van der Waals surface area contributed by atoms with Gasteiger partial charge in [0.15, 0.2) is 0 Å². The molecular weight excluding hydrogens is 304 g/mol. The number of hydrogen-bond acceptors (Lipinski definition) is 4. The highest BCUT2D eigenvalue weighted by molar-refractivity contribution is 5.74. The molecule has 2 unspecified atom stereocenters. The first-order valence-electron chi connectivity index (χ1n) is 8.93. The van der Waals surface area contributed by atoms with Crippen LogP contribution in [-0.4, -0.2) is 55.3 Å². The summed E-state index contributed by atoms with van der Waals surface area (Å²) in [7, 11) is 0. The summed E-state index contributed by atoms with van der Waals surface area (Å²) >= 11 is 0. The van der Waals surface area contributed by atoms with Crippen molar-refractivity contribution in [1.29, 1.82) is 0 Å². The second-order valence-corrected chi connectivity index (χ2v) is 7.10. The van der Waals surface area contributed by atoms with Crippen LogP contribution < -0.4 is 10.2 Å². The summed E-state index contributed by atoms with van der Waals surface area (Å²) in [5.41, 5.74) is 1.06. The van der Waals surface area contributed by atoms with Crippen molar-refractivity contribution in [3.05, 3.63) is 23.9 Å². The number of ether oxygens (including phenoxy) is 1. The first kappa shape index (κ1) is 17.0. The third-order valence-electron chi connectivity index (χ3n) is 4.76. The standard InChI is InChI=1S/C18H28N4O2/c1-14-10-15(2)13-22(12-14)18(23)20-11-16-4-3-5-19-17(16)21-6-8-24-9-7-21/h3-5,14-15H,6-13H2,1-2H3,(H,20,23). The number of pyridine rings is 1. The molecule has 3 rings (SSSR count). The molecule has 2 aliphatic heterocycles. The number of amides is 2. The number of morpholine rings is 1. The molecule has 0 aromatic carbocycles. The maximum Gasteiger partial charge on any atom is 0.317 e. The van der Waals surface area contributed by atoms with Crippen LogP contribution >= 0.6 is 0 Å². The molecule has 0 radical (unpaired) electrons. The number of carbonyl (C=O) groups excluding carboxylic acids is 1. The Morgan fingerprint density at radius 3 is 2.71 bits per heavy atom. The summed E-state index contributed by atoms with van der Waals surface area (Å²) in [6.07, 6.45) is 3.01. The molecule has 132 valence electrons. The molecule has 0 aliphatic carbocycles. The predicted octanol–water partition coefficient (Wildman–Crippen LogP) is 2.11. The van der Waals surface area contributed by atoms with E-state index in [1.807, 2.05) is 23.2 Å². The van der Waals surface area contributed by atoms with E-state index in [1.165, 1.54) is 6.42 Å². The van der Waals surface area contributed by atoms with Crippen molar-refractivity contribution in [3.8, 4) is 0 Å². The summed E-state index contributed by atoms with van der Waals surface area (Å²) in [4.78, 5) is 21.2. The Labute approximate surface area is 144 Å². The molecule has 6 nitrogen and oxygen atoms in total. The third kappa shape index (κ3) is 4.17. The quantitative estimate of drug-likeness (QED) is 0.921. The van der Waals surface area contributed by atoms with Gasteiger partial charge in [0.1, 0.15) is 5.82 Å². The van der Waals surface area contributed by atoms with Crippen molar-refractivity contribution in [2.45, 2.75) is 26.8 Å². The van der Waals surface area contributed by atoms with Gasteiger partial charge in [-0.2, -0.15) is 0 Å². The first-order chi connectivity index (χ1) is 11.6. The summed E-state index contributed by atoms with van der Waals surface area (Å²) in [5.74, 6) is 2.10. The van der Waals surface area contributed by atoms with Gasteiger partial charge in [-0.1, -0.05) is 19.9 Å². The number of likely N-dealkylation sites (tertiary alicyclic amines) is 1. The summed E-state index contributed by atoms with van der Waals surface area (Å²) in [5, 5.41) is 3.08. The molecular formula is C18H28N4O2. The van der Waals surface area contributed by atoms with Crippen molar-refractivity contribution in [3.63, 3.8) is 0 Å². The number of hydrogen-bond donors (Lipinski definition) is 1. The van der Waals surface area contributed by atoms with E-state index in [-0.39, 0.29) is 6.03 Å². The molecule has 2 aliphatic rings. The zero-order valence-electron chi connectivity index (χ0n) is 14.7. The Balaban J connectivity index is 1.61. The van der Waals surface area contributed by atoms with Crippen molar-refractivity contribution in [2.75, 3.05) is 44.3 Å². The van der Waals surface area contributed by atoms with E-state index in [1.54, 1.807) is 0 Å². The molecule has 0 bridgehead atoms. The monoisotopic (exact) mass is 332 g/mol. The number of urea groups is 1. The van der Waals surface area contributed by atoms with Crippen molar-refractivity contribution in [1.82, 2.24) is 15.2 Å². The van der Waals surface area contributed by atoms with Crippen LogP contribution in [0.25, 0.3) is 0 Å². The molecule has 0 saturated carbocycles. The van der Waals surface area contributed by atoms with Gasteiger partial charge in [0.05, 0.1) is 13.2 Å². The number of rotatable bonds is 3. The second kappa shape index (κ2) is 7.83. The first-order valence-corrected chi connectivity index (χ1v) is 8.93. The van der Waals surface area contributed by atoms with Crippen molar-refractivity contribution < 1.29 is 9.53 Å². The van der Waals surface area contributed by atoms with E-state index in [0.29, 0.717) is 18.4 Å². The lowest BCUT2D eigenvalue weighted by atomic mass is 9.92. The van der Waals surface area contributed by atoms with Gasteiger partial charge < -0.3 is 19.9 Å². The van der Waals surface area contributed by atoms with E-state index in [2.05, 4.69) is 29.0 Å². The minimum absolute atomic E-state index is 0.0326. The predicted molar refractivity (Wildman–Crippen MR) is 94.0 cm³/mol. The largest absolute Gasteiger partial charge is 0.378 e. The number of carbonyl (C=O) groups is 1. The van der Waals surface area contributed by atoms with Gasteiger partial charge in [-0.05, 0) is 24.3 Å². The fourth-order valence-corrected chi connectivity index (χ4v) is 3.74. The van der Waals surface area contributed by atoms with Crippen LogP contribution in [0, 0.1) is 11.8 Å². The molecule has 3 heterocycles. The van der Waals surface area contributed by atoms with E-state index in [4.69, 9.17) is 4.74 Å². The Morgan fingerprint density at radius 1 is 1.29 bits per heavy atom. The van der Waals surface area contributed by atoms with Crippen LogP contribution in [0.15, 0.2) is 18.3 Å². The fourth-order valence-electron chi connectivity index (χ4n) is 3.74. The lowest BCUT2D eigenvalue weighted by Crippen LogP contribution is -2.47. The zero-order chi connectivity index (χ0) is 16.9. The van der Waals surface area contributed by atoms with Crippen molar-refractivity contribution >= 4 is 11.8 Å². The van der Waals surface area contributed by atoms with Crippen LogP contribution in [0.4, 0.5) is 10.6 Å². The lowest BCUT2D eigenvalue weighted by molar-refractivity contribution is 0.122. The van der Waals surface area contributed by atoms with Crippen LogP contribution in [-0.2, 0) is 11.3 Å². The van der Waals surface area contributed by atoms with Crippen LogP contribution in [0.5, 0.6) is 0 Å². The highest BCUT2D eigenvalue weighted by Gasteiger charge is 2.25. The van der Waals surface area contributed by atoms with Gasteiger partial charge in [-0.15, -0.1) is 0 Å². The van der Waals surface area contributed by atoms with Gasteiger partial charge in [-0.25, -0.2) is 9.78 Å². The minimum atomic E-state index is 0.0326. The molecule has 6 heteroatoms. The Hall–Kier alpha value is -1.82. The Kier molecular flexibility index (Phi) is 5.56. The van der Waals surface area contributed by atoms with E-state index in [0.717, 1.165) is 50.8 Å². The smallest absolute Gasteiger partial charge is 0.317 e. The molecule has 24 heavy (non-hydrogen) atoms. The number of piperidine rings is 1. The van der Waals surface area contributed by atoms with Crippen LogP contribution in [0.1, 0.15) is 25.8 Å². The molecule has 1 aromatic heterocycles. The summed E-state index contributed by atoms with van der Waals surface area (Å²) in [6, 6.07) is 4.00. The molecule has 1 N–H and O–H groups in total. The minimum Gasteiger partial charge on any atom is -0.378 e. The Bertz CT molecular complexity index is 550. The molecule has 2 amide bonds. The number of anilines is 1. The van der Waals surface area contributed by atoms with Gasteiger partial charge >= 0.3 is 6.03 Å². The van der Waals surface area contributed by atoms with Gasteiger partial charge in [-0.3, -0.25) is 0 Å². The zero-order valence-corrected chi connectivity index (χ0v) is 14.7. The molecule has 2 fully saturated rings. The molecule has 2 saturated heterocycles. The SMILES string of the molecule is CC1CC(C)CN(C(=O)NCc2cccnc2N2CCOCC2)C1. The maximum atomic E-state index is 12.5. The average Bonchev–Trinajstić information content (AvgIpc) is 2.60. The summed E-state index contributed by atoms with van der Waals surface area (Å²) in [6.45, 7) is 9.79. The van der Waals surface area contributed by atoms with Crippen molar-refractivity contribution in [2.24, 2.45) is 11.8 Å². The number of nitrogens with one attached hydrogen (secondary N) is 1. The van der Waals surface area contributed by atoms with E-state index >= 15 is 0 Å². The Morgan fingerprint density at radius 2 is 2.00 bits per heavy atom. The van der Waals surface area contributed by atoms with E-state index < -0.39 is 0 Å². The number of nitrogens with zero attached hydrogens (tertiary/aromatic N) is 3. The topological polar surface area (TPSA) is 57.7 Å². The van der Waals surface area contributed by atoms with E-state index in [9.17, 15) is 4.79 Å². The van der Waals surface area contributed by atoms with Gasteiger partial charge in [0.25, 0.3) is 0 Å². The number of aromatic nitrogens is 1. The van der Waals surface area contributed by atoms with Crippen LogP contribution in [0.3, 0.4) is 0 Å². The molecule has 0 spiro atoms. The molecule has 2 atom stereocenters. The fraction of sp³-hybridized carbons (Fsp3) is 0.667. The lowest BCUT2D eigenvalue weighted by Gasteiger charge is -2.35. The van der Waals surface area contributed by atoms with Crippen LogP contribution in [0.2, 0.25) is 0 Å². The second-order valence-electron chi connectivity index (χ2n) is 7.10.